The molecule has 1 unspecified atom stereocenters. The lowest BCUT2D eigenvalue weighted by Crippen LogP contribution is -2.52. The van der Waals surface area contributed by atoms with Gasteiger partial charge in [0, 0.05) is 12.5 Å². The summed E-state index contributed by atoms with van der Waals surface area (Å²) in [6, 6.07) is 0. The number of aryl methyl sites for hydroxylation is 1. The highest BCUT2D eigenvalue weighted by Gasteiger charge is 2.35. The summed E-state index contributed by atoms with van der Waals surface area (Å²) in [5, 5.41) is 20.4. The smallest absolute Gasteiger partial charge is 0.265 e. The predicted octanol–water partition coefficient (Wildman–Crippen LogP) is 1.53. The Morgan fingerprint density at radius 1 is 1.55 bits per heavy atom. The molecule has 6 heteroatoms. The summed E-state index contributed by atoms with van der Waals surface area (Å²) in [7, 11) is 0. The maximum absolute atomic E-state index is 12.6. The number of thiazole rings is 1. The first kappa shape index (κ1) is 15.4. The van der Waals surface area contributed by atoms with Crippen molar-refractivity contribution in [3.05, 3.63) is 15.6 Å². The summed E-state index contributed by atoms with van der Waals surface area (Å²) >= 11 is 1.43. The van der Waals surface area contributed by atoms with Crippen LogP contribution in [0.3, 0.4) is 0 Å². The van der Waals surface area contributed by atoms with Crippen LogP contribution in [-0.2, 0) is 0 Å². The van der Waals surface area contributed by atoms with Crippen molar-refractivity contribution in [2.24, 2.45) is 0 Å². The van der Waals surface area contributed by atoms with Gasteiger partial charge in [-0.1, -0.05) is 13.8 Å². The van der Waals surface area contributed by atoms with Crippen molar-refractivity contribution >= 4 is 17.2 Å². The minimum Gasteiger partial charge on any atom is -0.393 e. The van der Waals surface area contributed by atoms with E-state index in [0.29, 0.717) is 30.2 Å². The second kappa shape index (κ2) is 5.79. The summed E-state index contributed by atoms with van der Waals surface area (Å²) in [6.45, 7) is 6.45. The summed E-state index contributed by atoms with van der Waals surface area (Å²) in [6.07, 6.45) is 1.24. The first-order chi connectivity index (χ1) is 9.36. The second-order valence-corrected chi connectivity index (χ2v) is 6.86. The van der Waals surface area contributed by atoms with Gasteiger partial charge in [-0.05, 0) is 19.8 Å². The van der Waals surface area contributed by atoms with Gasteiger partial charge in [0.1, 0.15) is 10.5 Å². The fraction of sp³-hybridized carbons (Fsp3) is 0.714. The number of carbonyl (C=O) groups is 1. The van der Waals surface area contributed by atoms with E-state index >= 15 is 0 Å². The zero-order valence-corrected chi connectivity index (χ0v) is 13.0. The topological polar surface area (TPSA) is 73.7 Å². The van der Waals surface area contributed by atoms with Gasteiger partial charge >= 0.3 is 0 Å². The van der Waals surface area contributed by atoms with E-state index in [1.807, 2.05) is 6.92 Å². The van der Waals surface area contributed by atoms with Gasteiger partial charge < -0.3 is 15.1 Å². The summed E-state index contributed by atoms with van der Waals surface area (Å²) in [4.78, 5) is 19.3. The highest BCUT2D eigenvalue weighted by molar-refractivity contribution is 7.13. The van der Waals surface area contributed by atoms with Gasteiger partial charge in [-0.15, -0.1) is 11.3 Å². The minimum atomic E-state index is -1.16. The number of carbonyl (C=O) groups excluding carboxylic acids is 1. The van der Waals surface area contributed by atoms with Crippen molar-refractivity contribution in [1.29, 1.82) is 0 Å². The maximum atomic E-state index is 12.6. The molecule has 1 aromatic rings. The zero-order valence-electron chi connectivity index (χ0n) is 12.2. The average molecular weight is 298 g/mol. The molecule has 1 aliphatic heterocycles. The van der Waals surface area contributed by atoms with E-state index in [9.17, 15) is 15.0 Å². The highest BCUT2D eigenvalue weighted by Crippen LogP contribution is 2.28. The van der Waals surface area contributed by atoms with E-state index in [-0.39, 0.29) is 19.1 Å². The molecular formula is C14H22N2O3S. The molecule has 1 saturated heterocycles. The minimum absolute atomic E-state index is 0.0847. The molecule has 1 aromatic heterocycles. The lowest BCUT2D eigenvalue weighted by Gasteiger charge is -2.37. The largest absolute Gasteiger partial charge is 0.393 e. The number of hydrogen-bond donors (Lipinski definition) is 2. The normalized spacial score (nSPS) is 23.4. The quantitative estimate of drug-likeness (QED) is 0.887. The van der Waals surface area contributed by atoms with Gasteiger partial charge in [-0.3, -0.25) is 4.79 Å². The number of hydrogen-bond acceptors (Lipinski definition) is 5. The molecule has 0 aliphatic carbocycles. The Labute approximate surface area is 123 Å². The SMILES string of the molecule is Cc1nc(C(C)C)sc1C(=O)N1CCCC(O)(CO)C1. The van der Waals surface area contributed by atoms with E-state index in [1.165, 1.54) is 11.3 Å². The molecule has 112 valence electrons. The molecule has 1 fully saturated rings. The standard InChI is InChI=1S/C14H22N2O3S/c1-9(2)12-15-10(3)11(20-12)13(18)16-6-4-5-14(19,7-16)8-17/h9,17,19H,4-8H2,1-3H3. The van der Waals surface area contributed by atoms with Gasteiger partial charge in [0.2, 0.25) is 0 Å². The van der Waals surface area contributed by atoms with Crippen molar-refractivity contribution in [2.75, 3.05) is 19.7 Å². The summed E-state index contributed by atoms with van der Waals surface area (Å²) < 4.78 is 0. The molecule has 1 atom stereocenters. The van der Waals surface area contributed by atoms with Gasteiger partial charge in [0.05, 0.1) is 23.9 Å². The van der Waals surface area contributed by atoms with Crippen molar-refractivity contribution in [1.82, 2.24) is 9.88 Å². The molecule has 20 heavy (non-hydrogen) atoms. The molecule has 1 aliphatic rings. The van der Waals surface area contributed by atoms with E-state index < -0.39 is 5.60 Å². The van der Waals surface area contributed by atoms with Crippen LogP contribution in [0.4, 0.5) is 0 Å². The summed E-state index contributed by atoms with van der Waals surface area (Å²) in [5.74, 6) is 0.217. The van der Waals surface area contributed by atoms with Crippen LogP contribution in [0.5, 0.6) is 0 Å². The number of likely N-dealkylation sites (tertiary alicyclic amines) is 1. The predicted molar refractivity (Wildman–Crippen MR) is 78.1 cm³/mol. The lowest BCUT2D eigenvalue weighted by atomic mass is 9.93. The Morgan fingerprint density at radius 3 is 2.80 bits per heavy atom. The Balaban J connectivity index is 2.19. The number of aromatic nitrogens is 1. The van der Waals surface area contributed by atoms with Crippen LogP contribution < -0.4 is 0 Å². The van der Waals surface area contributed by atoms with Crippen molar-refractivity contribution in [3.8, 4) is 0 Å². The van der Waals surface area contributed by atoms with Gasteiger partial charge in [0.15, 0.2) is 0 Å². The maximum Gasteiger partial charge on any atom is 0.265 e. The highest BCUT2D eigenvalue weighted by atomic mass is 32.1. The number of aliphatic hydroxyl groups excluding tert-OH is 1. The number of nitrogens with zero attached hydrogens (tertiary/aromatic N) is 2. The molecule has 0 radical (unpaired) electrons. The van der Waals surface area contributed by atoms with Crippen molar-refractivity contribution < 1.29 is 15.0 Å². The van der Waals surface area contributed by atoms with Crippen LogP contribution in [0.15, 0.2) is 0 Å². The Bertz CT molecular complexity index is 501. The van der Waals surface area contributed by atoms with Gasteiger partial charge in [-0.25, -0.2) is 4.98 Å². The number of amides is 1. The van der Waals surface area contributed by atoms with E-state index in [1.54, 1.807) is 4.90 Å². The zero-order chi connectivity index (χ0) is 14.9. The molecule has 0 saturated carbocycles. The van der Waals surface area contributed by atoms with Crippen LogP contribution >= 0.6 is 11.3 Å². The molecule has 2 heterocycles. The lowest BCUT2D eigenvalue weighted by molar-refractivity contribution is -0.0597. The van der Waals surface area contributed by atoms with E-state index in [4.69, 9.17) is 0 Å². The average Bonchev–Trinajstić information content (AvgIpc) is 2.80. The van der Waals surface area contributed by atoms with Crippen LogP contribution in [0, 0.1) is 6.92 Å². The van der Waals surface area contributed by atoms with Crippen LogP contribution in [0.2, 0.25) is 0 Å². The third-order valence-corrected chi connectivity index (χ3v) is 5.08. The summed E-state index contributed by atoms with van der Waals surface area (Å²) in [5.41, 5.74) is -0.408. The van der Waals surface area contributed by atoms with Gasteiger partial charge in [-0.2, -0.15) is 0 Å². The Morgan fingerprint density at radius 2 is 2.25 bits per heavy atom. The third kappa shape index (κ3) is 3.02. The fourth-order valence-corrected chi connectivity index (χ4v) is 3.46. The van der Waals surface area contributed by atoms with Crippen LogP contribution in [0.1, 0.15) is 53.0 Å². The Kier molecular flexibility index (Phi) is 4.46. The number of piperidine rings is 1. The van der Waals surface area contributed by atoms with E-state index in [0.717, 1.165) is 10.7 Å². The van der Waals surface area contributed by atoms with Crippen LogP contribution in [0.25, 0.3) is 0 Å². The Hall–Kier alpha value is -0.980. The van der Waals surface area contributed by atoms with Crippen molar-refractivity contribution in [2.45, 2.75) is 45.1 Å². The number of rotatable bonds is 3. The molecule has 0 spiro atoms. The van der Waals surface area contributed by atoms with Crippen LogP contribution in [-0.4, -0.2) is 51.3 Å². The first-order valence-corrected chi connectivity index (χ1v) is 7.78. The number of aliphatic hydroxyl groups is 2. The molecule has 1 amide bonds. The van der Waals surface area contributed by atoms with E-state index in [2.05, 4.69) is 18.8 Å². The van der Waals surface area contributed by atoms with Gasteiger partial charge in [0.25, 0.3) is 5.91 Å². The molecule has 0 aromatic carbocycles. The third-order valence-electron chi connectivity index (χ3n) is 3.64. The monoisotopic (exact) mass is 298 g/mol. The molecule has 5 nitrogen and oxygen atoms in total. The molecule has 2 rings (SSSR count). The second-order valence-electron chi connectivity index (χ2n) is 5.83. The van der Waals surface area contributed by atoms with Crippen molar-refractivity contribution in [3.63, 3.8) is 0 Å². The number of β-amino-alcohol motifs (C(OH)–C–C–N with tert-alkyl or cyclic N) is 1. The fourth-order valence-electron chi connectivity index (χ4n) is 2.42. The molecule has 2 N–H and O–H groups in total. The molecule has 0 bridgehead atoms. The first-order valence-electron chi connectivity index (χ1n) is 6.96. The molecular weight excluding hydrogens is 276 g/mol.